The number of unbranched alkanes of at least 4 members (excludes halogenated alkanes) is 2. The molecule has 55 heavy (non-hydrogen) atoms. The molecule has 0 unspecified atom stereocenters. The molecule has 3 fully saturated rings. The molecule has 0 radical (unpaired) electrons. The number of amides is 4. The molecule has 16 heteroatoms. The molecule has 4 N–H and O–H groups in total. The minimum Gasteiger partial charge on any atom is -0.497 e. The molecule has 6 atom stereocenters. The summed E-state index contributed by atoms with van der Waals surface area (Å²) in [5.41, 5.74) is -0.424. The van der Waals surface area contributed by atoms with E-state index in [2.05, 4.69) is 31.9 Å². The standard InChI is InChI=1S/C39H52N6O9S/c1-6-24-22-39(24,36(49)44-55(51,52)26-16-17-26)43-34(47)30-14-10-11-19-45(30)35(48)32(38(2,3)4)42-37(50)54-31-20-23(31)12-8-7-9-13-28-33(46)41-29-21-25(53-5)15-18-27(29)40-28/h6,10-11,15,18,21,23-24,26,30-32H,1,7-9,12-14,16-17,19-20,22H2,2-5H3,(H,41,46)(H,42,50)(H,43,47)(H,44,49)/t23-,24-,30+,31-,32-,39-/m1/s1. The Kier molecular flexibility index (Phi) is 11.5. The quantitative estimate of drug-likeness (QED) is 0.142. The molecule has 1 aliphatic heterocycles. The molecule has 3 saturated carbocycles. The lowest BCUT2D eigenvalue weighted by atomic mass is 9.85. The van der Waals surface area contributed by atoms with E-state index in [9.17, 15) is 32.7 Å². The highest BCUT2D eigenvalue weighted by molar-refractivity contribution is 7.91. The number of benzene rings is 1. The zero-order valence-corrected chi connectivity index (χ0v) is 32.7. The monoisotopic (exact) mass is 780 g/mol. The molecule has 298 valence electrons. The van der Waals surface area contributed by atoms with Crippen LogP contribution < -0.4 is 20.1 Å². The smallest absolute Gasteiger partial charge is 0.408 e. The van der Waals surface area contributed by atoms with E-state index in [1.807, 2.05) is 26.8 Å². The minimum atomic E-state index is -3.85. The molecule has 2 heterocycles. The van der Waals surface area contributed by atoms with Crippen LogP contribution in [0.5, 0.6) is 11.6 Å². The fourth-order valence-corrected chi connectivity index (χ4v) is 8.55. The van der Waals surface area contributed by atoms with Gasteiger partial charge in [-0.1, -0.05) is 51.8 Å². The molecule has 0 spiro atoms. The van der Waals surface area contributed by atoms with Crippen molar-refractivity contribution in [2.24, 2.45) is 17.3 Å². The average Bonchev–Trinajstić information content (AvgIpc) is 4.03. The van der Waals surface area contributed by atoms with Crippen molar-refractivity contribution in [2.75, 3.05) is 13.7 Å². The van der Waals surface area contributed by atoms with Gasteiger partial charge in [0.05, 0.1) is 23.4 Å². The fraction of sp³-hybridized carbons (Fsp3) is 0.590. The van der Waals surface area contributed by atoms with Crippen LogP contribution in [0.2, 0.25) is 0 Å². The van der Waals surface area contributed by atoms with Gasteiger partial charge in [0.1, 0.15) is 35.2 Å². The van der Waals surface area contributed by atoms with Gasteiger partial charge in [-0.3, -0.25) is 19.1 Å². The second-order valence-corrected chi connectivity index (χ2v) is 18.2. The lowest BCUT2D eigenvalue weighted by Gasteiger charge is -2.39. The van der Waals surface area contributed by atoms with Crippen molar-refractivity contribution < 1.29 is 42.2 Å². The van der Waals surface area contributed by atoms with Gasteiger partial charge in [0.2, 0.25) is 27.7 Å². The number of aromatic hydroxyl groups is 1. The number of ether oxygens (including phenoxy) is 2. The summed E-state index contributed by atoms with van der Waals surface area (Å²) in [5, 5.41) is 15.3. The highest BCUT2D eigenvalue weighted by Gasteiger charge is 2.61. The molecule has 4 amide bonds. The molecule has 1 aromatic heterocycles. The highest BCUT2D eigenvalue weighted by Crippen LogP contribution is 2.45. The van der Waals surface area contributed by atoms with Crippen molar-refractivity contribution in [3.8, 4) is 11.6 Å². The van der Waals surface area contributed by atoms with Gasteiger partial charge in [-0.25, -0.2) is 23.2 Å². The number of alkyl carbamates (subject to hydrolysis) is 1. The Labute approximate surface area is 321 Å². The Morgan fingerprint density at radius 3 is 2.55 bits per heavy atom. The average molecular weight is 781 g/mol. The van der Waals surface area contributed by atoms with Crippen molar-refractivity contribution in [1.29, 1.82) is 0 Å². The fourth-order valence-electron chi connectivity index (χ4n) is 7.18. The summed E-state index contributed by atoms with van der Waals surface area (Å²) in [7, 11) is -2.28. The summed E-state index contributed by atoms with van der Waals surface area (Å²) in [6.07, 6.45) is 10.2. The summed E-state index contributed by atoms with van der Waals surface area (Å²) in [4.78, 5) is 64.5. The predicted octanol–water partition coefficient (Wildman–Crippen LogP) is 3.80. The second-order valence-electron chi connectivity index (χ2n) is 16.2. The zero-order valence-electron chi connectivity index (χ0n) is 31.9. The number of hydrogen-bond acceptors (Lipinski definition) is 11. The molecule has 4 aliphatic rings. The van der Waals surface area contributed by atoms with Crippen molar-refractivity contribution in [2.45, 2.75) is 114 Å². The maximum Gasteiger partial charge on any atom is 0.408 e. The van der Waals surface area contributed by atoms with E-state index in [4.69, 9.17) is 9.47 Å². The normalized spacial score (nSPS) is 25.1. The van der Waals surface area contributed by atoms with Crippen LogP contribution in [0.3, 0.4) is 0 Å². The van der Waals surface area contributed by atoms with Crippen LogP contribution in [0.15, 0.2) is 43.0 Å². The summed E-state index contributed by atoms with van der Waals surface area (Å²) in [5.74, 6) is -1.58. The molecular weight excluding hydrogens is 729 g/mol. The number of rotatable bonds is 16. The first kappa shape index (κ1) is 39.9. The molecule has 3 aliphatic carbocycles. The number of carbonyl (C=O) groups is 4. The molecule has 1 aromatic carbocycles. The van der Waals surface area contributed by atoms with E-state index in [-0.39, 0.29) is 37.3 Å². The lowest BCUT2D eigenvalue weighted by molar-refractivity contribution is -0.144. The van der Waals surface area contributed by atoms with E-state index < -0.39 is 68.0 Å². The van der Waals surface area contributed by atoms with E-state index in [1.54, 1.807) is 31.4 Å². The van der Waals surface area contributed by atoms with E-state index in [0.717, 1.165) is 32.1 Å². The Balaban J connectivity index is 0.983. The van der Waals surface area contributed by atoms with Crippen LogP contribution in [0.4, 0.5) is 4.79 Å². The Morgan fingerprint density at radius 1 is 1.11 bits per heavy atom. The number of fused-ring (bicyclic) bond motifs is 1. The number of sulfonamides is 1. The second kappa shape index (κ2) is 15.8. The van der Waals surface area contributed by atoms with Crippen molar-refractivity contribution in [3.63, 3.8) is 0 Å². The zero-order chi connectivity index (χ0) is 39.7. The van der Waals surface area contributed by atoms with Crippen LogP contribution in [0.1, 0.15) is 84.3 Å². The van der Waals surface area contributed by atoms with Crippen LogP contribution in [-0.4, -0.2) is 94.8 Å². The van der Waals surface area contributed by atoms with Crippen molar-refractivity contribution >= 4 is 44.9 Å². The number of carbonyl (C=O) groups excluding carboxylic acids is 4. The number of nitrogens with zero attached hydrogens (tertiary/aromatic N) is 3. The Morgan fingerprint density at radius 2 is 1.87 bits per heavy atom. The van der Waals surface area contributed by atoms with Gasteiger partial charge in [-0.2, -0.15) is 0 Å². The van der Waals surface area contributed by atoms with Crippen LogP contribution in [-0.2, 0) is 35.6 Å². The van der Waals surface area contributed by atoms with Gasteiger partial charge in [0, 0.05) is 18.5 Å². The van der Waals surface area contributed by atoms with Gasteiger partial charge < -0.3 is 30.1 Å². The number of hydrogen-bond donors (Lipinski definition) is 4. The first-order chi connectivity index (χ1) is 26.1. The summed E-state index contributed by atoms with van der Waals surface area (Å²) in [6, 6.07) is 3.32. The number of nitrogens with one attached hydrogen (secondary N) is 3. The molecule has 2 aromatic rings. The molecule has 0 saturated heterocycles. The van der Waals surface area contributed by atoms with E-state index >= 15 is 0 Å². The topological polar surface area (TPSA) is 206 Å². The third-order valence-electron chi connectivity index (χ3n) is 10.9. The Bertz CT molecular complexity index is 1980. The van der Waals surface area contributed by atoms with E-state index in [1.165, 1.54) is 11.0 Å². The first-order valence-corrected chi connectivity index (χ1v) is 20.6. The molecule has 0 bridgehead atoms. The first-order valence-electron chi connectivity index (χ1n) is 19.0. The van der Waals surface area contributed by atoms with Crippen LogP contribution in [0.25, 0.3) is 11.0 Å². The Hall–Kier alpha value is -4.73. The third-order valence-corrected chi connectivity index (χ3v) is 12.8. The van der Waals surface area contributed by atoms with Crippen molar-refractivity contribution in [3.05, 3.63) is 48.7 Å². The van der Waals surface area contributed by atoms with Gasteiger partial charge in [0.25, 0.3) is 5.91 Å². The minimum absolute atomic E-state index is 0.0822. The maximum absolute atomic E-state index is 14.1. The van der Waals surface area contributed by atoms with Gasteiger partial charge in [-0.05, 0) is 74.8 Å². The SMILES string of the molecule is C=C[C@@H]1C[C@]1(NC(=O)[C@@H]1CC=CCN1C(=O)[C@@H](NC(=O)O[C@@H]1C[C@H]1CCCCCc1nc2ccc(OC)cc2nc1O)C(C)(C)C)C(=O)NS(=O)(=O)C1CC1. The molecule has 6 rings (SSSR count). The third kappa shape index (κ3) is 9.22. The number of aryl methyl sites for hydroxylation is 1. The maximum atomic E-state index is 14.1. The van der Waals surface area contributed by atoms with E-state index in [0.29, 0.717) is 41.7 Å². The number of methoxy groups -OCH3 is 1. The molecule has 15 nitrogen and oxygen atoms in total. The van der Waals surface area contributed by atoms with Crippen LogP contribution >= 0.6 is 0 Å². The lowest BCUT2D eigenvalue weighted by Crippen LogP contribution is -2.62. The van der Waals surface area contributed by atoms with Crippen molar-refractivity contribution in [1.82, 2.24) is 30.2 Å². The van der Waals surface area contributed by atoms with Gasteiger partial charge in [0.15, 0.2) is 0 Å². The van der Waals surface area contributed by atoms with Gasteiger partial charge >= 0.3 is 6.09 Å². The molecular formula is C39H52N6O9S. The van der Waals surface area contributed by atoms with Gasteiger partial charge in [-0.15, -0.1) is 6.58 Å². The highest BCUT2D eigenvalue weighted by atomic mass is 32.2. The summed E-state index contributed by atoms with van der Waals surface area (Å²) < 4.78 is 38.1. The van der Waals surface area contributed by atoms with Crippen LogP contribution in [0, 0.1) is 17.3 Å². The summed E-state index contributed by atoms with van der Waals surface area (Å²) >= 11 is 0. The summed E-state index contributed by atoms with van der Waals surface area (Å²) in [6.45, 7) is 9.27. The largest absolute Gasteiger partial charge is 0.497 e. The predicted molar refractivity (Wildman–Crippen MR) is 203 cm³/mol. The number of aromatic nitrogens is 2.